The van der Waals surface area contributed by atoms with Gasteiger partial charge in [0.1, 0.15) is 11.5 Å². The third kappa shape index (κ3) is 3.74. The van der Waals surface area contributed by atoms with Gasteiger partial charge in [-0.25, -0.2) is 0 Å². The summed E-state index contributed by atoms with van der Waals surface area (Å²) in [6, 6.07) is 16.0. The lowest BCUT2D eigenvalue weighted by Crippen LogP contribution is -2.40. The Kier molecular flexibility index (Phi) is 5.79. The fourth-order valence-electron chi connectivity index (χ4n) is 4.05. The third-order valence-electron chi connectivity index (χ3n) is 5.34. The van der Waals surface area contributed by atoms with Crippen molar-refractivity contribution in [1.82, 2.24) is 10.3 Å². The van der Waals surface area contributed by atoms with Crippen LogP contribution in [-0.2, 0) is 20.0 Å². The van der Waals surface area contributed by atoms with Gasteiger partial charge in [0.15, 0.2) is 0 Å². The van der Waals surface area contributed by atoms with E-state index in [1.165, 1.54) is 0 Å². The van der Waals surface area contributed by atoms with E-state index in [1.807, 2.05) is 50.2 Å². The summed E-state index contributed by atoms with van der Waals surface area (Å²) < 4.78 is 30.2. The number of hydrogen-bond donors (Lipinski definition) is 2. The maximum atomic E-state index is 13.6. The van der Waals surface area contributed by atoms with Gasteiger partial charge >= 0.3 is 7.60 Å². The molecule has 0 amide bonds. The lowest BCUT2D eigenvalue weighted by molar-refractivity contribution is 0.204. The highest BCUT2D eigenvalue weighted by molar-refractivity contribution is 7.54. The average Bonchev–Trinajstić information content (AvgIpc) is 3.12. The Morgan fingerprint density at radius 3 is 2.38 bits per heavy atom. The van der Waals surface area contributed by atoms with Crippen molar-refractivity contribution < 1.29 is 18.3 Å². The van der Waals surface area contributed by atoms with E-state index in [-0.39, 0.29) is 6.04 Å². The molecule has 6 nitrogen and oxygen atoms in total. The zero-order valence-corrected chi connectivity index (χ0v) is 17.9. The molecular weight excluding hydrogens is 387 g/mol. The number of aromatic nitrogens is 1. The molecule has 0 fully saturated rings. The van der Waals surface area contributed by atoms with Gasteiger partial charge in [-0.3, -0.25) is 9.88 Å². The van der Waals surface area contributed by atoms with E-state index in [0.29, 0.717) is 19.6 Å². The standard InChI is InChI=1S/C22H27N2O4P/c1-4-27-29(25,28-5-2)20-14-18-17-8-6-7-9-19(17)23-22(18)21(24-20)15-10-12-16(26-3)13-11-15/h6-13,20-21,23-24H,4-5,14H2,1-3H3. The first-order valence-corrected chi connectivity index (χ1v) is 11.6. The molecule has 0 saturated carbocycles. The van der Waals surface area contributed by atoms with E-state index < -0.39 is 13.4 Å². The Balaban J connectivity index is 1.82. The minimum absolute atomic E-state index is 0.156. The highest BCUT2D eigenvalue weighted by atomic mass is 31.2. The first-order valence-electron chi connectivity index (χ1n) is 9.98. The number of H-pyrrole nitrogens is 1. The summed E-state index contributed by atoms with van der Waals surface area (Å²) >= 11 is 0. The first-order chi connectivity index (χ1) is 14.1. The number of para-hydroxylation sites is 1. The van der Waals surface area contributed by atoms with Gasteiger partial charge in [0.25, 0.3) is 0 Å². The van der Waals surface area contributed by atoms with Crippen LogP contribution < -0.4 is 10.1 Å². The van der Waals surface area contributed by atoms with Crippen LogP contribution in [0.25, 0.3) is 10.9 Å². The summed E-state index contributed by atoms with van der Waals surface area (Å²) in [6.07, 6.45) is 0.573. The van der Waals surface area contributed by atoms with Crippen LogP contribution in [0.1, 0.15) is 36.7 Å². The van der Waals surface area contributed by atoms with Gasteiger partial charge in [0.2, 0.25) is 0 Å². The Labute approximate surface area is 171 Å². The van der Waals surface area contributed by atoms with Crippen LogP contribution in [0.3, 0.4) is 0 Å². The normalized spacial score (nSPS) is 19.3. The summed E-state index contributed by atoms with van der Waals surface area (Å²) in [5.41, 5.74) is 4.38. The van der Waals surface area contributed by atoms with E-state index in [9.17, 15) is 4.57 Å². The molecule has 1 aliphatic heterocycles. The Bertz CT molecular complexity index is 1020. The molecular formula is C22H27N2O4P. The molecule has 29 heavy (non-hydrogen) atoms. The topological polar surface area (TPSA) is 72.6 Å². The van der Waals surface area contributed by atoms with E-state index >= 15 is 0 Å². The van der Waals surface area contributed by atoms with Gasteiger partial charge < -0.3 is 18.8 Å². The number of fused-ring (bicyclic) bond motifs is 3. The number of ether oxygens (including phenoxy) is 1. The molecule has 154 valence electrons. The molecule has 7 heteroatoms. The SMILES string of the molecule is CCOP(=O)(OCC)C1Cc2c([nH]c3ccccc23)C(c2ccc(OC)cc2)N1. The highest BCUT2D eigenvalue weighted by Crippen LogP contribution is 2.55. The lowest BCUT2D eigenvalue weighted by Gasteiger charge is -2.35. The quantitative estimate of drug-likeness (QED) is 0.532. The number of methoxy groups -OCH3 is 1. The maximum Gasteiger partial charge on any atom is 0.347 e. The van der Waals surface area contributed by atoms with E-state index in [1.54, 1.807) is 7.11 Å². The van der Waals surface area contributed by atoms with Crippen LogP contribution >= 0.6 is 7.60 Å². The summed E-state index contributed by atoms with van der Waals surface area (Å²) in [5, 5.41) is 4.69. The smallest absolute Gasteiger partial charge is 0.347 e. The van der Waals surface area contributed by atoms with Crippen LogP contribution in [0.15, 0.2) is 48.5 Å². The van der Waals surface area contributed by atoms with Crippen molar-refractivity contribution >= 4 is 18.5 Å². The summed E-state index contributed by atoms with van der Waals surface area (Å²) in [4.78, 5) is 3.56. The zero-order valence-electron chi connectivity index (χ0n) is 17.0. The molecule has 2 unspecified atom stereocenters. The molecule has 0 aliphatic carbocycles. The number of aromatic amines is 1. The van der Waals surface area contributed by atoms with Crippen molar-refractivity contribution in [2.24, 2.45) is 0 Å². The van der Waals surface area contributed by atoms with Gasteiger partial charge in [-0.15, -0.1) is 0 Å². The summed E-state index contributed by atoms with van der Waals surface area (Å²) in [6.45, 7) is 4.35. The molecule has 2 aromatic carbocycles. The molecule has 1 aliphatic rings. The van der Waals surface area contributed by atoms with Gasteiger partial charge in [0.05, 0.1) is 26.4 Å². The van der Waals surface area contributed by atoms with Crippen LogP contribution in [0.4, 0.5) is 0 Å². The highest BCUT2D eigenvalue weighted by Gasteiger charge is 2.42. The van der Waals surface area contributed by atoms with Crippen LogP contribution in [0.2, 0.25) is 0 Å². The monoisotopic (exact) mass is 414 g/mol. The number of rotatable bonds is 7. The Morgan fingerprint density at radius 1 is 1.03 bits per heavy atom. The molecule has 2 N–H and O–H groups in total. The van der Waals surface area contributed by atoms with Crippen molar-refractivity contribution in [3.05, 3.63) is 65.4 Å². The molecule has 0 spiro atoms. The number of hydrogen-bond acceptors (Lipinski definition) is 5. The largest absolute Gasteiger partial charge is 0.497 e. The van der Waals surface area contributed by atoms with Gasteiger partial charge in [-0.2, -0.15) is 0 Å². The van der Waals surface area contributed by atoms with E-state index in [0.717, 1.165) is 33.5 Å². The van der Waals surface area contributed by atoms with Crippen LogP contribution in [0, 0.1) is 0 Å². The Hall–Kier alpha value is -2.11. The van der Waals surface area contributed by atoms with Crippen molar-refractivity contribution in [1.29, 1.82) is 0 Å². The second-order valence-electron chi connectivity index (χ2n) is 7.03. The number of benzene rings is 2. The lowest BCUT2D eigenvalue weighted by atomic mass is 9.94. The predicted octanol–water partition coefficient (Wildman–Crippen LogP) is 5.00. The third-order valence-corrected chi connectivity index (χ3v) is 7.67. The molecule has 2 heterocycles. The molecule has 0 bridgehead atoms. The molecule has 0 saturated heterocycles. The second kappa shape index (κ2) is 8.33. The fraction of sp³-hybridized carbons (Fsp3) is 0.364. The van der Waals surface area contributed by atoms with Gasteiger partial charge in [0, 0.05) is 23.0 Å². The molecule has 3 aromatic rings. The maximum absolute atomic E-state index is 13.6. The van der Waals surface area contributed by atoms with Crippen molar-refractivity contribution in [2.45, 2.75) is 32.1 Å². The van der Waals surface area contributed by atoms with Gasteiger partial charge in [-0.1, -0.05) is 30.3 Å². The van der Waals surface area contributed by atoms with Crippen LogP contribution in [0.5, 0.6) is 5.75 Å². The summed E-state index contributed by atoms with van der Waals surface area (Å²) in [5.74, 6) is 0.369. The molecule has 4 rings (SSSR count). The fourth-order valence-corrected chi connectivity index (χ4v) is 5.95. The predicted molar refractivity (Wildman–Crippen MR) is 115 cm³/mol. The Morgan fingerprint density at radius 2 is 1.72 bits per heavy atom. The van der Waals surface area contributed by atoms with Gasteiger partial charge in [-0.05, 0) is 43.2 Å². The van der Waals surface area contributed by atoms with Crippen LogP contribution in [-0.4, -0.2) is 31.1 Å². The minimum Gasteiger partial charge on any atom is -0.497 e. The number of nitrogens with one attached hydrogen (secondary N) is 2. The average molecular weight is 414 g/mol. The van der Waals surface area contributed by atoms with Crippen molar-refractivity contribution in [3.8, 4) is 5.75 Å². The zero-order chi connectivity index (χ0) is 20.4. The molecule has 0 radical (unpaired) electrons. The molecule has 1 aromatic heterocycles. The summed E-state index contributed by atoms with van der Waals surface area (Å²) in [7, 11) is -1.67. The van der Waals surface area contributed by atoms with E-state index in [2.05, 4.69) is 22.4 Å². The first kappa shape index (κ1) is 20.2. The minimum atomic E-state index is -3.33. The van der Waals surface area contributed by atoms with E-state index in [4.69, 9.17) is 13.8 Å². The van der Waals surface area contributed by atoms with Crippen molar-refractivity contribution in [3.63, 3.8) is 0 Å². The molecule has 2 atom stereocenters. The second-order valence-corrected chi connectivity index (χ2v) is 9.25. The van der Waals surface area contributed by atoms with Crippen molar-refractivity contribution in [2.75, 3.05) is 20.3 Å².